The Morgan fingerprint density at radius 3 is 2.49 bits per heavy atom. The Bertz CT molecular complexity index is 1290. The maximum atomic E-state index is 12.7. The molecule has 0 spiro atoms. The van der Waals surface area contributed by atoms with Crippen LogP contribution >= 0.6 is 0 Å². The Hall–Kier alpha value is -2.99. The highest BCUT2D eigenvalue weighted by Gasteiger charge is 2.27. The molecule has 11 heteroatoms. The van der Waals surface area contributed by atoms with Crippen molar-refractivity contribution in [2.24, 2.45) is 0 Å². The first kappa shape index (κ1) is 26.6. The lowest BCUT2D eigenvalue weighted by molar-refractivity contribution is -0.137. The smallest absolute Gasteiger partial charge is 0.303 e. The van der Waals surface area contributed by atoms with Crippen LogP contribution in [0, 0.1) is 6.92 Å². The van der Waals surface area contributed by atoms with Gasteiger partial charge < -0.3 is 19.7 Å². The summed E-state index contributed by atoms with van der Waals surface area (Å²) < 4.78 is 32.5. The van der Waals surface area contributed by atoms with Crippen molar-refractivity contribution in [1.82, 2.24) is 10.3 Å². The largest absolute Gasteiger partial charge is 0.481 e. The second-order valence-corrected chi connectivity index (χ2v) is 10.3. The molecule has 35 heavy (non-hydrogen) atoms. The molecule has 0 saturated heterocycles. The maximum Gasteiger partial charge on any atom is 0.303 e. The molecule has 10 nitrogen and oxygen atoms in total. The average Bonchev–Trinajstić information content (AvgIpc) is 3.16. The highest BCUT2D eigenvalue weighted by molar-refractivity contribution is 7.92. The molecule has 2 heterocycles. The third kappa shape index (κ3) is 6.17. The van der Waals surface area contributed by atoms with Crippen LogP contribution in [-0.4, -0.2) is 61.1 Å². The van der Waals surface area contributed by atoms with Crippen LogP contribution in [0.3, 0.4) is 0 Å². The van der Waals surface area contributed by atoms with Crippen LogP contribution in [-0.2, 0) is 21.2 Å². The van der Waals surface area contributed by atoms with Crippen LogP contribution in [0.5, 0.6) is 0 Å². The van der Waals surface area contributed by atoms with Crippen molar-refractivity contribution in [2.45, 2.75) is 38.8 Å². The van der Waals surface area contributed by atoms with E-state index in [1.165, 1.54) is 0 Å². The number of aryl methyl sites for hydroxylation is 1. The molecular weight excluding hydrogens is 474 g/mol. The first-order valence-corrected chi connectivity index (χ1v) is 13.1. The Kier molecular flexibility index (Phi) is 8.49. The molecule has 0 amide bonds. The van der Waals surface area contributed by atoms with Crippen molar-refractivity contribution in [2.75, 3.05) is 30.8 Å². The van der Waals surface area contributed by atoms with Crippen molar-refractivity contribution in [3.8, 4) is 11.3 Å². The number of aromatic nitrogens is 1. The number of pyridine rings is 1. The second kappa shape index (κ2) is 11.2. The number of furan rings is 1. The zero-order chi connectivity index (χ0) is 25.8. The number of rotatable bonds is 12. The number of aliphatic hydroxyl groups is 2. The number of carboxylic acids is 1. The Morgan fingerprint density at radius 2 is 1.91 bits per heavy atom. The predicted molar refractivity (Wildman–Crippen MR) is 133 cm³/mol. The fourth-order valence-electron chi connectivity index (χ4n) is 3.89. The number of anilines is 1. The van der Waals surface area contributed by atoms with Gasteiger partial charge >= 0.3 is 5.97 Å². The van der Waals surface area contributed by atoms with Gasteiger partial charge in [-0.3, -0.25) is 14.4 Å². The number of hydrogen-bond donors (Lipinski definition) is 4. The van der Waals surface area contributed by atoms with E-state index in [9.17, 15) is 23.4 Å². The van der Waals surface area contributed by atoms with Crippen molar-refractivity contribution in [1.29, 1.82) is 0 Å². The number of aliphatic hydroxyl groups excluding tert-OH is 2. The maximum absolute atomic E-state index is 12.7. The van der Waals surface area contributed by atoms with E-state index >= 15 is 0 Å². The molecule has 2 aromatic heterocycles. The first-order chi connectivity index (χ1) is 16.6. The Labute approximate surface area is 204 Å². The number of nitrogens with one attached hydrogen (secondary N) is 1. The number of carboxylic acid groups (broad SMARTS) is 1. The van der Waals surface area contributed by atoms with E-state index < -0.39 is 22.2 Å². The van der Waals surface area contributed by atoms with E-state index in [2.05, 4.69) is 10.3 Å². The number of hydrogen-bond acceptors (Lipinski definition) is 8. The van der Waals surface area contributed by atoms with Gasteiger partial charge in [0.2, 0.25) is 15.7 Å². The van der Waals surface area contributed by atoms with Gasteiger partial charge in [-0.2, -0.15) is 4.98 Å². The first-order valence-electron chi connectivity index (χ1n) is 11.3. The van der Waals surface area contributed by atoms with Gasteiger partial charge in [-0.25, -0.2) is 8.42 Å². The van der Waals surface area contributed by atoms with E-state index in [4.69, 9.17) is 9.52 Å². The highest BCUT2D eigenvalue weighted by atomic mass is 32.2. The quantitative estimate of drug-likeness (QED) is 0.215. The average molecular weight is 506 g/mol. The fourth-order valence-corrected chi connectivity index (χ4v) is 4.82. The Balaban J connectivity index is 2.19. The minimum atomic E-state index is -3.77. The van der Waals surface area contributed by atoms with Gasteiger partial charge in [-0.1, -0.05) is 29.8 Å². The van der Waals surface area contributed by atoms with Gasteiger partial charge in [0.15, 0.2) is 0 Å². The third-order valence-corrected chi connectivity index (χ3v) is 6.81. The molecule has 0 aliphatic rings. The fraction of sp³-hybridized carbons (Fsp3) is 0.417. The van der Waals surface area contributed by atoms with E-state index in [1.807, 2.05) is 31.2 Å². The van der Waals surface area contributed by atoms with Gasteiger partial charge in [-0.15, -0.1) is 0 Å². The lowest BCUT2D eigenvalue weighted by Crippen LogP contribution is -2.32. The lowest BCUT2D eigenvalue weighted by Gasteiger charge is -2.23. The molecule has 0 aliphatic heterocycles. The summed E-state index contributed by atoms with van der Waals surface area (Å²) in [5.41, 5.74) is 2.83. The molecular formula is C24H31N3O7S. The molecule has 1 aromatic carbocycles. The molecule has 3 aromatic rings. The normalized spacial score (nSPS) is 12.7. The summed E-state index contributed by atoms with van der Waals surface area (Å²) >= 11 is 0. The molecule has 1 atom stereocenters. The number of nitrogens with zero attached hydrogens (tertiary/aromatic N) is 2. The summed E-state index contributed by atoms with van der Waals surface area (Å²) in [5, 5.41) is 32.6. The van der Waals surface area contributed by atoms with Crippen LogP contribution in [0.1, 0.15) is 42.2 Å². The van der Waals surface area contributed by atoms with Crippen LogP contribution in [0.15, 0.2) is 34.7 Å². The van der Waals surface area contributed by atoms with E-state index in [0.717, 1.165) is 21.7 Å². The Morgan fingerprint density at radius 1 is 1.23 bits per heavy atom. The van der Waals surface area contributed by atoms with Gasteiger partial charge in [-0.05, 0) is 44.9 Å². The van der Waals surface area contributed by atoms with E-state index in [-0.39, 0.29) is 37.5 Å². The predicted octanol–water partition coefficient (Wildman–Crippen LogP) is 2.57. The zero-order valence-corrected chi connectivity index (χ0v) is 20.8. The summed E-state index contributed by atoms with van der Waals surface area (Å²) in [6.07, 6.45) is 0.638. The summed E-state index contributed by atoms with van der Waals surface area (Å²) in [6, 6.07) is 9.23. The molecule has 3 rings (SSSR count). The van der Waals surface area contributed by atoms with E-state index in [0.29, 0.717) is 35.1 Å². The highest BCUT2D eigenvalue weighted by Crippen LogP contribution is 2.38. The van der Waals surface area contributed by atoms with Gasteiger partial charge in [0.1, 0.15) is 17.8 Å². The van der Waals surface area contributed by atoms with Gasteiger partial charge in [0.25, 0.3) is 0 Å². The van der Waals surface area contributed by atoms with Crippen molar-refractivity contribution in [3.05, 3.63) is 47.0 Å². The molecule has 0 radical (unpaired) electrons. The minimum Gasteiger partial charge on any atom is -0.481 e. The second-order valence-electron chi connectivity index (χ2n) is 8.39. The van der Waals surface area contributed by atoms with Crippen LogP contribution < -0.4 is 9.62 Å². The molecule has 4 N–H and O–H groups in total. The molecule has 0 fully saturated rings. The summed E-state index contributed by atoms with van der Waals surface area (Å²) in [6.45, 7) is 1.74. The van der Waals surface area contributed by atoms with Crippen molar-refractivity contribution in [3.63, 3.8) is 0 Å². The molecule has 190 valence electrons. The summed E-state index contributed by atoms with van der Waals surface area (Å²) in [4.78, 5) is 15.4. The van der Waals surface area contributed by atoms with Crippen LogP contribution in [0.25, 0.3) is 22.4 Å². The number of sulfonamides is 1. The van der Waals surface area contributed by atoms with E-state index in [1.54, 1.807) is 13.1 Å². The summed E-state index contributed by atoms with van der Waals surface area (Å²) in [5.74, 6) is -0.445. The number of fused-ring (bicyclic) bond motifs is 1. The number of unbranched alkanes of at least 4 members (excludes halogenated alkanes) is 1. The molecule has 0 bridgehead atoms. The topological polar surface area (TPSA) is 153 Å². The number of benzene rings is 1. The standard InChI is InChI=1S/C24H31N3O7S/c1-15-7-9-16(10-8-15)21-20(23(31)25-2)18-14-17(11-13-28)22(26-24(18)34-21)27(35(3,32)33)12-5-4-6-19(29)30/h7-10,14,23,25,28,31H,4-6,11-13H2,1-3H3,(H,29,30). The molecule has 0 aliphatic carbocycles. The molecule has 0 saturated carbocycles. The van der Waals surface area contributed by atoms with Crippen LogP contribution in [0.2, 0.25) is 0 Å². The van der Waals surface area contributed by atoms with Gasteiger partial charge in [0.05, 0.1) is 11.8 Å². The van der Waals surface area contributed by atoms with Crippen molar-refractivity contribution < 1.29 is 32.9 Å². The third-order valence-electron chi connectivity index (χ3n) is 5.66. The number of carbonyl (C=O) groups is 1. The monoisotopic (exact) mass is 505 g/mol. The SMILES string of the molecule is CNC(O)c1c(-c2ccc(C)cc2)oc2nc(N(CCCCC(=O)O)S(C)(=O)=O)c(CCO)cc12. The lowest BCUT2D eigenvalue weighted by atomic mass is 10.0. The summed E-state index contributed by atoms with van der Waals surface area (Å²) in [7, 11) is -2.17. The zero-order valence-electron chi connectivity index (χ0n) is 20.0. The number of aliphatic carboxylic acids is 1. The van der Waals surface area contributed by atoms with Crippen molar-refractivity contribution >= 4 is 32.9 Å². The minimum absolute atomic E-state index is 0.0283. The molecule has 1 unspecified atom stereocenters. The van der Waals surface area contributed by atoms with Gasteiger partial charge in [0, 0.05) is 30.5 Å². The van der Waals surface area contributed by atoms with Crippen LogP contribution in [0.4, 0.5) is 5.82 Å².